The van der Waals surface area contributed by atoms with E-state index in [4.69, 9.17) is 0 Å². The Morgan fingerprint density at radius 3 is 2.76 bits per heavy atom. The zero-order valence-electron chi connectivity index (χ0n) is 10.6. The maximum absolute atomic E-state index is 12.9. The molecular formula is C14H9BrFN3OS. The van der Waals surface area contributed by atoms with E-state index in [0.717, 1.165) is 10.0 Å². The van der Waals surface area contributed by atoms with Gasteiger partial charge in [-0.1, -0.05) is 0 Å². The molecule has 2 heterocycles. The van der Waals surface area contributed by atoms with Crippen molar-refractivity contribution >= 4 is 38.3 Å². The van der Waals surface area contributed by atoms with Gasteiger partial charge in [0.15, 0.2) is 5.13 Å². The van der Waals surface area contributed by atoms with Crippen LogP contribution in [0.5, 0.6) is 0 Å². The van der Waals surface area contributed by atoms with Gasteiger partial charge in [0.25, 0.3) is 5.91 Å². The second kappa shape index (κ2) is 5.79. The summed E-state index contributed by atoms with van der Waals surface area (Å²) in [5.41, 5.74) is 1.94. The fourth-order valence-electron chi connectivity index (χ4n) is 1.75. The fraction of sp³-hybridized carbons (Fsp3) is 0. The third-order valence-electron chi connectivity index (χ3n) is 2.76. The Kier molecular flexibility index (Phi) is 3.85. The third kappa shape index (κ3) is 3.20. The summed E-state index contributed by atoms with van der Waals surface area (Å²) in [6.07, 6.45) is 1.68. The number of H-pyrrole nitrogens is 1. The maximum Gasteiger partial charge on any atom is 0.273 e. The number of anilines is 1. The van der Waals surface area contributed by atoms with Gasteiger partial charge in [-0.3, -0.25) is 10.1 Å². The first-order valence-corrected chi connectivity index (χ1v) is 7.66. The van der Waals surface area contributed by atoms with Crippen LogP contribution >= 0.6 is 27.3 Å². The second-order valence-corrected chi connectivity index (χ2v) is 6.00. The van der Waals surface area contributed by atoms with Crippen molar-refractivity contribution in [3.05, 3.63) is 57.9 Å². The number of carbonyl (C=O) groups excluding carboxylic acids is 1. The number of amides is 1. The average molecular weight is 366 g/mol. The molecule has 0 spiro atoms. The second-order valence-electron chi connectivity index (χ2n) is 4.23. The molecule has 2 aromatic heterocycles. The normalized spacial score (nSPS) is 10.6. The van der Waals surface area contributed by atoms with Crippen molar-refractivity contribution < 1.29 is 9.18 Å². The molecule has 0 aliphatic carbocycles. The highest BCUT2D eigenvalue weighted by Crippen LogP contribution is 2.25. The number of hydrogen-bond acceptors (Lipinski definition) is 3. The summed E-state index contributed by atoms with van der Waals surface area (Å²) in [5.74, 6) is -0.555. The Hall–Kier alpha value is -1.99. The molecule has 0 saturated carbocycles. The first kappa shape index (κ1) is 14.0. The molecule has 4 nitrogen and oxygen atoms in total. The lowest BCUT2D eigenvalue weighted by molar-refractivity contribution is 0.102. The number of halogens is 2. The van der Waals surface area contributed by atoms with Gasteiger partial charge in [-0.2, -0.15) is 0 Å². The van der Waals surface area contributed by atoms with Crippen LogP contribution in [0.4, 0.5) is 9.52 Å². The summed E-state index contributed by atoms with van der Waals surface area (Å²) in [4.78, 5) is 19.1. The van der Waals surface area contributed by atoms with Crippen molar-refractivity contribution in [1.82, 2.24) is 9.97 Å². The number of hydrogen-bond donors (Lipinski definition) is 2. The van der Waals surface area contributed by atoms with Gasteiger partial charge in [0.1, 0.15) is 11.5 Å². The summed E-state index contributed by atoms with van der Waals surface area (Å²) in [5, 5.41) is 5.02. The Labute approximate surface area is 132 Å². The number of carbonyl (C=O) groups is 1. The van der Waals surface area contributed by atoms with E-state index in [1.807, 2.05) is 5.38 Å². The van der Waals surface area contributed by atoms with Crippen LogP contribution in [-0.4, -0.2) is 15.9 Å². The number of nitrogens with zero attached hydrogens (tertiary/aromatic N) is 1. The lowest BCUT2D eigenvalue weighted by Crippen LogP contribution is -2.11. The van der Waals surface area contributed by atoms with Gasteiger partial charge >= 0.3 is 0 Å². The highest BCUT2D eigenvalue weighted by atomic mass is 79.9. The van der Waals surface area contributed by atoms with Gasteiger partial charge in [-0.15, -0.1) is 11.3 Å². The van der Waals surface area contributed by atoms with E-state index < -0.39 is 0 Å². The maximum atomic E-state index is 12.9. The molecule has 1 amide bonds. The summed E-state index contributed by atoms with van der Waals surface area (Å²) in [6, 6.07) is 7.74. The highest BCUT2D eigenvalue weighted by Gasteiger charge is 2.11. The topological polar surface area (TPSA) is 57.8 Å². The van der Waals surface area contributed by atoms with Crippen LogP contribution in [0, 0.1) is 5.82 Å². The largest absolute Gasteiger partial charge is 0.356 e. The summed E-state index contributed by atoms with van der Waals surface area (Å²) >= 11 is 4.59. The zero-order chi connectivity index (χ0) is 14.8. The standard InChI is InChI=1S/C14H9BrFN3OS/c15-9-5-11(17-6-9)13(20)19-14-18-12(7-21-14)8-1-3-10(16)4-2-8/h1-7,17H,(H,18,19,20). The van der Waals surface area contributed by atoms with Crippen molar-refractivity contribution in [2.24, 2.45) is 0 Å². The number of nitrogens with one attached hydrogen (secondary N) is 2. The van der Waals surface area contributed by atoms with E-state index in [-0.39, 0.29) is 11.7 Å². The quantitative estimate of drug-likeness (QED) is 0.727. The van der Waals surface area contributed by atoms with Crippen molar-refractivity contribution in [1.29, 1.82) is 0 Å². The number of aromatic amines is 1. The Morgan fingerprint density at radius 1 is 1.33 bits per heavy atom. The SMILES string of the molecule is O=C(Nc1nc(-c2ccc(F)cc2)cs1)c1cc(Br)c[nH]1. The third-order valence-corrected chi connectivity index (χ3v) is 3.97. The van der Waals surface area contributed by atoms with Gasteiger partial charge in [0.05, 0.1) is 5.69 Å². The van der Waals surface area contributed by atoms with Gasteiger partial charge < -0.3 is 4.98 Å². The van der Waals surface area contributed by atoms with Crippen LogP contribution in [0.1, 0.15) is 10.5 Å². The smallest absolute Gasteiger partial charge is 0.273 e. The molecule has 106 valence electrons. The first-order valence-electron chi connectivity index (χ1n) is 5.98. The molecule has 3 aromatic rings. The predicted molar refractivity (Wildman–Crippen MR) is 84.0 cm³/mol. The van der Waals surface area contributed by atoms with Crippen molar-refractivity contribution in [3.8, 4) is 11.3 Å². The number of benzene rings is 1. The van der Waals surface area contributed by atoms with Gasteiger partial charge in [0.2, 0.25) is 0 Å². The van der Waals surface area contributed by atoms with Crippen molar-refractivity contribution in [2.75, 3.05) is 5.32 Å². The summed E-state index contributed by atoms with van der Waals surface area (Å²) < 4.78 is 13.7. The van der Waals surface area contributed by atoms with E-state index in [0.29, 0.717) is 16.5 Å². The van der Waals surface area contributed by atoms with Crippen molar-refractivity contribution in [2.45, 2.75) is 0 Å². The Balaban J connectivity index is 1.76. The number of rotatable bonds is 3. The van der Waals surface area contributed by atoms with Crippen LogP contribution in [-0.2, 0) is 0 Å². The molecule has 3 rings (SSSR count). The van der Waals surface area contributed by atoms with E-state index in [1.54, 1.807) is 24.4 Å². The molecule has 7 heteroatoms. The molecule has 2 N–H and O–H groups in total. The average Bonchev–Trinajstić information content (AvgIpc) is 3.09. The van der Waals surface area contributed by atoms with Crippen LogP contribution in [0.15, 0.2) is 46.4 Å². The molecule has 0 atom stereocenters. The van der Waals surface area contributed by atoms with Gasteiger partial charge in [0, 0.05) is 21.6 Å². The minimum Gasteiger partial charge on any atom is -0.356 e. The Morgan fingerprint density at radius 2 is 2.10 bits per heavy atom. The molecule has 0 bridgehead atoms. The molecule has 0 aliphatic heterocycles. The number of thiazole rings is 1. The van der Waals surface area contributed by atoms with E-state index >= 15 is 0 Å². The highest BCUT2D eigenvalue weighted by molar-refractivity contribution is 9.10. The number of aromatic nitrogens is 2. The molecule has 0 unspecified atom stereocenters. The molecule has 0 saturated heterocycles. The molecule has 1 aromatic carbocycles. The lowest BCUT2D eigenvalue weighted by Gasteiger charge is -1.99. The summed E-state index contributed by atoms with van der Waals surface area (Å²) in [6.45, 7) is 0. The van der Waals surface area contributed by atoms with Crippen LogP contribution in [0.25, 0.3) is 11.3 Å². The van der Waals surface area contributed by atoms with Crippen LogP contribution in [0.3, 0.4) is 0 Å². The van der Waals surface area contributed by atoms with Gasteiger partial charge in [-0.05, 0) is 46.3 Å². The lowest BCUT2D eigenvalue weighted by atomic mass is 10.2. The first-order chi connectivity index (χ1) is 10.1. The summed E-state index contributed by atoms with van der Waals surface area (Å²) in [7, 11) is 0. The zero-order valence-corrected chi connectivity index (χ0v) is 13.0. The molecule has 0 radical (unpaired) electrons. The molecule has 0 aliphatic rings. The Bertz CT molecular complexity index is 782. The molecule has 0 fully saturated rings. The predicted octanol–water partition coefficient (Wildman–Crippen LogP) is 4.29. The minimum atomic E-state index is -0.292. The van der Waals surface area contributed by atoms with Crippen LogP contribution in [0.2, 0.25) is 0 Å². The van der Waals surface area contributed by atoms with E-state index in [9.17, 15) is 9.18 Å². The minimum absolute atomic E-state index is 0.263. The van der Waals surface area contributed by atoms with Gasteiger partial charge in [-0.25, -0.2) is 9.37 Å². The fourth-order valence-corrected chi connectivity index (χ4v) is 2.81. The molecular weight excluding hydrogens is 357 g/mol. The van der Waals surface area contributed by atoms with Crippen molar-refractivity contribution in [3.63, 3.8) is 0 Å². The molecule has 21 heavy (non-hydrogen) atoms. The van der Waals surface area contributed by atoms with Crippen LogP contribution < -0.4 is 5.32 Å². The van der Waals surface area contributed by atoms with E-state index in [1.165, 1.54) is 23.5 Å². The van der Waals surface area contributed by atoms with E-state index in [2.05, 4.69) is 31.2 Å². The monoisotopic (exact) mass is 365 g/mol.